The third-order valence-corrected chi connectivity index (χ3v) is 3.16. The van der Waals surface area contributed by atoms with E-state index in [1.165, 1.54) is 18.2 Å². The maximum absolute atomic E-state index is 13.6. The summed E-state index contributed by atoms with van der Waals surface area (Å²) in [5.41, 5.74) is 0.574. The zero-order valence-corrected chi connectivity index (χ0v) is 11.6. The van der Waals surface area contributed by atoms with Gasteiger partial charge in [0.25, 0.3) is 0 Å². The molecule has 1 N–H and O–H groups in total. The van der Waals surface area contributed by atoms with E-state index in [1.807, 2.05) is 22.6 Å². The van der Waals surface area contributed by atoms with Crippen LogP contribution >= 0.6 is 22.6 Å². The van der Waals surface area contributed by atoms with E-state index in [-0.39, 0.29) is 11.4 Å². The number of halogens is 4. The van der Waals surface area contributed by atoms with Crippen molar-refractivity contribution >= 4 is 34.0 Å². The van der Waals surface area contributed by atoms with E-state index >= 15 is 0 Å². The first-order valence-electron chi connectivity index (χ1n) is 5.15. The van der Waals surface area contributed by atoms with Crippen LogP contribution in [-0.4, -0.2) is 0 Å². The van der Waals surface area contributed by atoms with Gasteiger partial charge in [-0.1, -0.05) is 6.07 Å². The van der Waals surface area contributed by atoms with Crippen molar-refractivity contribution in [1.82, 2.24) is 0 Å². The number of rotatable bonds is 2. The van der Waals surface area contributed by atoms with Crippen molar-refractivity contribution in [2.75, 3.05) is 5.32 Å². The summed E-state index contributed by atoms with van der Waals surface area (Å²) in [5.74, 6) is -2.48. The molecule has 0 aromatic heterocycles. The van der Waals surface area contributed by atoms with Gasteiger partial charge in [0.05, 0.1) is 11.4 Å². The van der Waals surface area contributed by atoms with Gasteiger partial charge >= 0.3 is 0 Å². The van der Waals surface area contributed by atoms with E-state index in [1.54, 1.807) is 13.0 Å². The molecule has 0 fully saturated rings. The molecule has 2 aromatic carbocycles. The summed E-state index contributed by atoms with van der Waals surface area (Å²) >= 11 is 1.97. The SMILES string of the molecule is Cc1ccc(F)c(F)c1Nc1ccc(I)cc1F. The zero-order valence-electron chi connectivity index (χ0n) is 9.40. The Hall–Kier alpha value is -1.24. The van der Waals surface area contributed by atoms with Gasteiger partial charge in [-0.2, -0.15) is 0 Å². The lowest BCUT2D eigenvalue weighted by atomic mass is 10.1. The fourth-order valence-electron chi connectivity index (χ4n) is 1.53. The van der Waals surface area contributed by atoms with Crippen molar-refractivity contribution in [2.45, 2.75) is 6.92 Å². The first-order valence-corrected chi connectivity index (χ1v) is 6.23. The van der Waals surface area contributed by atoms with E-state index in [0.717, 1.165) is 9.64 Å². The Morgan fingerprint density at radius 1 is 1.00 bits per heavy atom. The second kappa shape index (κ2) is 5.17. The summed E-state index contributed by atoms with van der Waals surface area (Å²) in [7, 11) is 0. The molecule has 0 saturated heterocycles. The van der Waals surface area contributed by atoms with E-state index in [0.29, 0.717) is 5.56 Å². The molecule has 18 heavy (non-hydrogen) atoms. The summed E-state index contributed by atoms with van der Waals surface area (Å²) < 4.78 is 41.1. The lowest BCUT2D eigenvalue weighted by molar-refractivity contribution is 0.511. The van der Waals surface area contributed by atoms with E-state index in [4.69, 9.17) is 0 Å². The summed E-state index contributed by atoms with van der Waals surface area (Å²) in [4.78, 5) is 0. The van der Waals surface area contributed by atoms with Crippen molar-refractivity contribution in [1.29, 1.82) is 0 Å². The highest BCUT2D eigenvalue weighted by Gasteiger charge is 2.13. The van der Waals surface area contributed by atoms with Crippen LogP contribution in [-0.2, 0) is 0 Å². The zero-order chi connectivity index (χ0) is 13.3. The van der Waals surface area contributed by atoms with Crippen LogP contribution in [0.2, 0.25) is 0 Å². The van der Waals surface area contributed by atoms with Crippen molar-refractivity contribution in [2.24, 2.45) is 0 Å². The third-order valence-electron chi connectivity index (χ3n) is 2.49. The quantitative estimate of drug-likeness (QED) is 0.759. The number of benzene rings is 2. The van der Waals surface area contributed by atoms with Gasteiger partial charge in [0.1, 0.15) is 5.82 Å². The van der Waals surface area contributed by atoms with Crippen LogP contribution in [0.1, 0.15) is 5.56 Å². The molecule has 0 unspecified atom stereocenters. The minimum Gasteiger partial charge on any atom is -0.350 e. The third kappa shape index (κ3) is 2.60. The Morgan fingerprint density at radius 2 is 1.72 bits per heavy atom. The molecule has 0 bridgehead atoms. The maximum atomic E-state index is 13.6. The predicted octanol–water partition coefficient (Wildman–Crippen LogP) is 4.76. The summed E-state index contributed by atoms with van der Waals surface area (Å²) in [6.45, 7) is 1.62. The van der Waals surface area contributed by atoms with E-state index in [9.17, 15) is 13.2 Å². The van der Waals surface area contributed by atoms with Gasteiger partial charge < -0.3 is 5.32 Å². The van der Waals surface area contributed by atoms with Crippen LogP contribution in [0.5, 0.6) is 0 Å². The number of nitrogens with one attached hydrogen (secondary N) is 1. The molecule has 0 aliphatic rings. The minimum absolute atomic E-state index is 0.0462. The average molecular weight is 363 g/mol. The highest BCUT2D eigenvalue weighted by molar-refractivity contribution is 14.1. The topological polar surface area (TPSA) is 12.0 Å². The molecule has 0 atom stereocenters. The largest absolute Gasteiger partial charge is 0.350 e. The standard InChI is InChI=1S/C13H9F3IN/c1-7-2-4-9(14)12(16)13(7)18-11-5-3-8(17)6-10(11)15/h2-6,18H,1H3. The van der Waals surface area contributed by atoms with Crippen molar-refractivity contribution in [3.63, 3.8) is 0 Å². The van der Waals surface area contributed by atoms with E-state index in [2.05, 4.69) is 5.32 Å². The van der Waals surface area contributed by atoms with Crippen molar-refractivity contribution in [3.8, 4) is 0 Å². The molecule has 0 heterocycles. The molecular formula is C13H9F3IN. The predicted molar refractivity (Wildman–Crippen MR) is 73.5 cm³/mol. The minimum atomic E-state index is -1.01. The number of anilines is 2. The lowest BCUT2D eigenvalue weighted by Gasteiger charge is -2.12. The summed E-state index contributed by atoms with van der Waals surface area (Å²) in [6.07, 6.45) is 0. The van der Waals surface area contributed by atoms with E-state index < -0.39 is 17.5 Å². The van der Waals surface area contributed by atoms with Crippen LogP contribution in [0.3, 0.4) is 0 Å². The van der Waals surface area contributed by atoms with Gasteiger partial charge in [-0.15, -0.1) is 0 Å². The fourth-order valence-corrected chi connectivity index (χ4v) is 1.98. The fraction of sp³-hybridized carbons (Fsp3) is 0.0769. The number of hydrogen-bond donors (Lipinski definition) is 1. The normalized spacial score (nSPS) is 10.5. The van der Waals surface area contributed by atoms with Crippen LogP contribution in [0.25, 0.3) is 0 Å². The van der Waals surface area contributed by atoms with Gasteiger partial charge in [0.2, 0.25) is 0 Å². The number of hydrogen-bond acceptors (Lipinski definition) is 1. The Balaban J connectivity index is 2.43. The van der Waals surface area contributed by atoms with Gasteiger partial charge in [0, 0.05) is 3.57 Å². The Bertz CT molecular complexity index is 599. The second-order valence-corrected chi connectivity index (χ2v) is 5.05. The Kier molecular flexibility index (Phi) is 3.79. The van der Waals surface area contributed by atoms with Gasteiger partial charge in [-0.25, -0.2) is 13.2 Å². The van der Waals surface area contributed by atoms with Gasteiger partial charge in [-0.3, -0.25) is 0 Å². The smallest absolute Gasteiger partial charge is 0.182 e. The molecule has 94 valence electrons. The molecule has 5 heteroatoms. The molecule has 0 amide bonds. The molecule has 0 saturated carbocycles. The molecule has 0 aliphatic carbocycles. The Morgan fingerprint density at radius 3 is 2.39 bits per heavy atom. The Labute approximate surface area is 116 Å². The number of aryl methyl sites for hydroxylation is 1. The summed E-state index contributed by atoms with van der Waals surface area (Å²) in [5, 5.41) is 2.58. The van der Waals surface area contributed by atoms with Crippen LogP contribution in [0.15, 0.2) is 30.3 Å². The van der Waals surface area contributed by atoms with Crippen LogP contribution in [0.4, 0.5) is 24.5 Å². The first-order chi connectivity index (χ1) is 8.49. The average Bonchev–Trinajstić information content (AvgIpc) is 2.32. The highest BCUT2D eigenvalue weighted by atomic mass is 127. The van der Waals surface area contributed by atoms with Gasteiger partial charge in [0.15, 0.2) is 11.6 Å². The monoisotopic (exact) mass is 363 g/mol. The molecule has 0 spiro atoms. The second-order valence-electron chi connectivity index (χ2n) is 3.80. The lowest BCUT2D eigenvalue weighted by Crippen LogP contribution is -2.01. The first kappa shape index (κ1) is 13.2. The highest BCUT2D eigenvalue weighted by Crippen LogP contribution is 2.27. The van der Waals surface area contributed by atoms with Crippen LogP contribution < -0.4 is 5.32 Å². The maximum Gasteiger partial charge on any atom is 0.182 e. The molecule has 0 radical (unpaired) electrons. The molecule has 1 nitrogen and oxygen atoms in total. The van der Waals surface area contributed by atoms with Crippen molar-refractivity contribution in [3.05, 3.63) is 56.9 Å². The molecule has 2 rings (SSSR count). The molecule has 2 aromatic rings. The van der Waals surface area contributed by atoms with Gasteiger partial charge in [-0.05, 0) is 59.3 Å². The molecule has 0 aliphatic heterocycles. The van der Waals surface area contributed by atoms with Crippen molar-refractivity contribution < 1.29 is 13.2 Å². The summed E-state index contributed by atoms with van der Waals surface area (Å²) in [6, 6.07) is 6.96. The van der Waals surface area contributed by atoms with Crippen LogP contribution in [0, 0.1) is 27.9 Å². The molecular weight excluding hydrogens is 354 g/mol.